The molecule has 0 bridgehead atoms. The van der Waals surface area contributed by atoms with E-state index in [1.54, 1.807) is 0 Å². The Hall–Kier alpha value is -3.03. The van der Waals surface area contributed by atoms with Gasteiger partial charge in [0, 0.05) is 7.05 Å². The summed E-state index contributed by atoms with van der Waals surface area (Å²) in [5, 5.41) is 18.7. The second-order valence-corrected chi connectivity index (χ2v) is 4.77. The molecule has 0 aliphatic carbocycles. The third-order valence-corrected chi connectivity index (χ3v) is 3.05. The van der Waals surface area contributed by atoms with Crippen molar-refractivity contribution in [3.63, 3.8) is 0 Å². The Labute approximate surface area is 126 Å². The number of benzene rings is 1. The van der Waals surface area contributed by atoms with Gasteiger partial charge < -0.3 is 0 Å². The maximum Gasteiger partial charge on any atom is 0.322 e. The van der Waals surface area contributed by atoms with Crippen LogP contribution in [0.2, 0.25) is 0 Å². The molecule has 1 aromatic heterocycles. The van der Waals surface area contributed by atoms with E-state index in [4.69, 9.17) is 0 Å². The van der Waals surface area contributed by atoms with Crippen LogP contribution in [0.3, 0.4) is 0 Å². The lowest BCUT2D eigenvalue weighted by Gasteiger charge is -2.00. The van der Waals surface area contributed by atoms with Crippen LogP contribution >= 0.6 is 0 Å². The first-order valence-electron chi connectivity index (χ1n) is 6.48. The largest absolute Gasteiger partial charge is 0.322 e. The normalized spacial score (nSPS) is 10.9. The van der Waals surface area contributed by atoms with E-state index in [0.29, 0.717) is 0 Å². The standard InChI is InChI=1S/C14H15N5O3/c1-9-4-6-11(7-5-9)8-15-16-14(20)13-12(19(21)22)10(2)17-18(13)3/h4-8H,1-3H3,(H,16,20)/b15-8+. The van der Waals surface area contributed by atoms with Gasteiger partial charge >= 0.3 is 5.69 Å². The van der Waals surface area contributed by atoms with Crippen molar-refractivity contribution in [2.75, 3.05) is 0 Å². The molecule has 0 fully saturated rings. The van der Waals surface area contributed by atoms with E-state index in [2.05, 4.69) is 15.6 Å². The highest BCUT2D eigenvalue weighted by molar-refractivity contribution is 5.97. The summed E-state index contributed by atoms with van der Waals surface area (Å²) in [5.74, 6) is -0.682. The zero-order chi connectivity index (χ0) is 16.3. The van der Waals surface area contributed by atoms with Crippen LogP contribution < -0.4 is 5.43 Å². The minimum atomic E-state index is -0.682. The van der Waals surface area contributed by atoms with Crippen molar-refractivity contribution >= 4 is 17.8 Å². The third kappa shape index (κ3) is 3.17. The van der Waals surface area contributed by atoms with E-state index in [1.165, 1.54) is 24.9 Å². The van der Waals surface area contributed by atoms with E-state index in [0.717, 1.165) is 11.1 Å². The van der Waals surface area contributed by atoms with Crippen molar-refractivity contribution in [1.29, 1.82) is 0 Å². The molecular weight excluding hydrogens is 286 g/mol. The predicted molar refractivity (Wildman–Crippen MR) is 80.8 cm³/mol. The molecule has 0 aliphatic heterocycles. The number of nitro groups is 1. The summed E-state index contributed by atoms with van der Waals surface area (Å²) < 4.78 is 1.17. The van der Waals surface area contributed by atoms with E-state index < -0.39 is 10.8 Å². The minimum absolute atomic E-state index is 0.136. The summed E-state index contributed by atoms with van der Waals surface area (Å²) in [5.41, 5.74) is 3.93. The average Bonchev–Trinajstić information content (AvgIpc) is 2.75. The van der Waals surface area contributed by atoms with Crippen LogP contribution in [0.25, 0.3) is 0 Å². The number of hydrazone groups is 1. The van der Waals surface area contributed by atoms with Gasteiger partial charge in [-0.05, 0) is 19.4 Å². The first kappa shape index (κ1) is 15.4. The van der Waals surface area contributed by atoms with Crippen molar-refractivity contribution in [2.24, 2.45) is 12.1 Å². The first-order valence-corrected chi connectivity index (χ1v) is 6.48. The Bertz CT molecular complexity index is 747. The lowest BCUT2D eigenvalue weighted by Crippen LogP contribution is -2.22. The molecule has 1 heterocycles. The molecule has 0 saturated heterocycles. The lowest BCUT2D eigenvalue weighted by molar-refractivity contribution is -0.385. The first-order chi connectivity index (χ1) is 10.4. The van der Waals surface area contributed by atoms with Crippen LogP contribution in [0.15, 0.2) is 29.4 Å². The third-order valence-electron chi connectivity index (χ3n) is 3.05. The molecular formula is C14H15N5O3. The number of hydrogen-bond donors (Lipinski definition) is 1. The van der Waals surface area contributed by atoms with Gasteiger partial charge in [-0.2, -0.15) is 10.2 Å². The fourth-order valence-corrected chi connectivity index (χ4v) is 1.99. The SMILES string of the molecule is Cc1ccc(/C=N/NC(=O)c2c([N+](=O)[O-])c(C)nn2C)cc1. The van der Waals surface area contributed by atoms with Gasteiger partial charge in [0.25, 0.3) is 5.91 Å². The van der Waals surface area contributed by atoms with Crippen molar-refractivity contribution in [3.05, 3.63) is 56.9 Å². The highest BCUT2D eigenvalue weighted by Crippen LogP contribution is 2.21. The number of aromatic nitrogens is 2. The topological polar surface area (TPSA) is 102 Å². The Morgan fingerprint density at radius 3 is 2.59 bits per heavy atom. The van der Waals surface area contributed by atoms with Gasteiger partial charge in [-0.15, -0.1) is 0 Å². The van der Waals surface area contributed by atoms with Crippen molar-refractivity contribution in [2.45, 2.75) is 13.8 Å². The summed E-state index contributed by atoms with van der Waals surface area (Å²) in [6, 6.07) is 7.53. The van der Waals surface area contributed by atoms with Gasteiger partial charge in [-0.3, -0.25) is 19.6 Å². The molecule has 0 atom stereocenters. The summed E-state index contributed by atoms with van der Waals surface area (Å²) in [6.07, 6.45) is 1.46. The molecule has 8 heteroatoms. The lowest BCUT2D eigenvalue weighted by atomic mass is 10.2. The second-order valence-electron chi connectivity index (χ2n) is 4.77. The van der Waals surface area contributed by atoms with Crippen LogP contribution in [0.1, 0.15) is 27.3 Å². The quantitative estimate of drug-likeness (QED) is 0.527. The monoisotopic (exact) mass is 301 g/mol. The molecule has 22 heavy (non-hydrogen) atoms. The van der Waals surface area contributed by atoms with Crippen LogP contribution in [-0.4, -0.2) is 26.8 Å². The van der Waals surface area contributed by atoms with E-state index in [-0.39, 0.29) is 17.1 Å². The van der Waals surface area contributed by atoms with Gasteiger partial charge in [-0.1, -0.05) is 29.8 Å². The molecule has 0 unspecified atom stereocenters. The minimum Gasteiger partial charge on any atom is -0.265 e. The molecule has 8 nitrogen and oxygen atoms in total. The highest BCUT2D eigenvalue weighted by atomic mass is 16.6. The van der Waals surface area contributed by atoms with Gasteiger partial charge in [0.15, 0.2) is 0 Å². The van der Waals surface area contributed by atoms with Gasteiger partial charge in [-0.25, -0.2) is 5.43 Å². The van der Waals surface area contributed by atoms with Crippen LogP contribution in [0, 0.1) is 24.0 Å². The van der Waals surface area contributed by atoms with Crippen molar-refractivity contribution < 1.29 is 9.72 Å². The fraction of sp³-hybridized carbons (Fsp3) is 0.214. The summed E-state index contributed by atoms with van der Waals surface area (Å²) >= 11 is 0. The Morgan fingerprint density at radius 1 is 1.36 bits per heavy atom. The van der Waals surface area contributed by atoms with Crippen LogP contribution in [-0.2, 0) is 7.05 Å². The van der Waals surface area contributed by atoms with Crippen LogP contribution in [0.5, 0.6) is 0 Å². The van der Waals surface area contributed by atoms with Crippen molar-refractivity contribution in [3.8, 4) is 0 Å². The summed E-state index contributed by atoms with van der Waals surface area (Å²) in [4.78, 5) is 22.5. The smallest absolute Gasteiger partial charge is 0.265 e. The van der Waals surface area contributed by atoms with Crippen molar-refractivity contribution in [1.82, 2.24) is 15.2 Å². The maximum absolute atomic E-state index is 12.1. The number of nitrogens with one attached hydrogen (secondary N) is 1. The zero-order valence-corrected chi connectivity index (χ0v) is 12.4. The number of carbonyl (C=O) groups is 1. The zero-order valence-electron chi connectivity index (χ0n) is 12.4. The average molecular weight is 301 g/mol. The molecule has 114 valence electrons. The number of hydrogen-bond acceptors (Lipinski definition) is 5. The number of nitrogens with zero attached hydrogens (tertiary/aromatic N) is 4. The maximum atomic E-state index is 12.1. The summed E-state index contributed by atoms with van der Waals surface area (Å²) in [6.45, 7) is 3.44. The van der Waals surface area contributed by atoms with Gasteiger partial charge in [0.2, 0.25) is 5.69 Å². The second kappa shape index (κ2) is 6.17. The molecule has 0 aliphatic rings. The molecule has 0 saturated carbocycles. The molecule has 1 amide bonds. The molecule has 1 aromatic carbocycles. The number of amides is 1. The highest BCUT2D eigenvalue weighted by Gasteiger charge is 2.28. The summed E-state index contributed by atoms with van der Waals surface area (Å²) in [7, 11) is 1.47. The fourth-order valence-electron chi connectivity index (χ4n) is 1.99. The Balaban J connectivity index is 2.16. The molecule has 1 N–H and O–H groups in total. The van der Waals surface area contributed by atoms with E-state index >= 15 is 0 Å². The van der Waals surface area contributed by atoms with E-state index in [1.807, 2.05) is 31.2 Å². The number of aryl methyl sites for hydroxylation is 3. The number of rotatable bonds is 4. The van der Waals surface area contributed by atoms with Crippen LogP contribution in [0.4, 0.5) is 5.69 Å². The molecule has 0 radical (unpaired) electrons. The molecule has 2 aromatic rings. The van der Waals surface area contributed by atoms with E-state index in [9.17, 15) is 14.9 Å². The van der Waals surface area contributed by atoms with Gasteiger partial charge in [0.05, 0.1) is 11.1 Å². The predicted octanol–water partition coefficient (Wildman–Crippen LogP) is 1.71. The molecule has 0 spiro atoms. The number of carbonyl (C=O) groups excluding carboxylic acids is 1. The Kier molecular flexibility index (Phi) is 4.31. The Morgan fingerprint density at radius 2 is 2.00 bits per heavy atom. The van der Waals surface area contributed by atoms with Gasteiger partial charge in [0.1, 0.15) is 5.69 Å². The molecule has 2 rings (SSSR count).